The fourth-order valence-electron chi connectivity index (χ4n) is 2.94. The van der Waals surface area contributed by atoms with Crippen LogP contribution in [0.25, 0.3) is 0 Å². The number of thiophene rings is 1. The van der Waals surface area contributed by atoms with Gasteiger partial charge in [0.05, 0.1) is 17.9 Å². The summed E-state index contributed by atoms with van der Waals surface area (Å²) in [5.74, 6) is 0.0863. The average molecular weight is 392 g/mol. The lowest BCUT2D eigenvalue weighted by molar-refractivity contribution is -0.113. The van der Waals surface area contributed by atoms with Crippen molar-refractivity contribution in [3.63, 3.8) is 0 Å². The number of methoxy groups -OCH3 is 1. The van der Waals surface area contributed by atoms with Gasteiger partial charge in [-0.1, -0.05) is 18.2 Å². The summed E-state index contributed by atoms with van der Waals surface area (Å²) < 4.78 is 6.91. The third-order valence-corrected chi connectivity index (χ3v) is 6.42. The second kappa shape index (κ2) is 9.16. The van der Waals surface area contributed by atoms with Crippen LogP contribution in [0.3, 0.4) is 0 Å². The molecule has 1 N–H and O–H groups in total. The number of aryl methyl sites for hydroxylation is 1. The van der Waals surface area contributed by atoms with Crippen molar-refractivity contribution in [2.45, 2.75) is 43.8 Å². The monoisotopic (exact) mass is 391 g/mol. The molecule has 0 bridgehead atoms. The number of nitrogens with zero attached hydrogens (tertiary/aromatic N) is 4. The van der Waals surface area contributed by atoms with E-state index in [4.69, 9.17) is 4.74 Å². The first-order valence-corrected chi connectivity index (χ1v) is 10.4. The van der Waals surface area contributed by atoms with Crippen LogP contribution in [-0.4, -0.2) is 40.1 Å². The van der Waals surface area contributed by atoms with Gasteiger partial charge in [-0.3, -0.25) is 4.79 Å². The van der Waals surface area contributed by atoms with Crippen molar-refractivity contribution in [3.05, 3.63) is 22.3 Å². The highest BCUT2D eigenvalue weighted by molar-refractivity contribution is 7.99. The van der Waals surface area contributed by atoms with Gasteiger partial charge in [0, 0.05) is 18.5 Å². The minimum atomic E-state index is -0.135. The van der Waals surface area contributed by atoms with E-state index in [1.165, 1.54) is 23.1 Å². The first kappa shape index (κ1) is 18.9. The molecule has 1 aliphatic carbocycles. The van der Waals surface area contributed by atoms with E-state index in [2.05, 4.69) is 21.6 Å². The van der Waals surface area contributed by atoms with Crippen molar-refractivity contribution in [2.24, 2.45) is 0 Å². The SMILES string of the molecule is COCCn1cnnc1SCC(=O)Nc1sc2c(c1C#N)CCCCC2. The molecule has 0 radical (unpaired) electrons. The number of thioether (sulfide) groups is 1. The van der Waals surface area contributed by atoms with E-state index in [0.717, 1.165) is 31.2 Å². The third kappa shape index (κ3) is 4.44. The largest absolute Gasteiger partial charge is 0.383 e. The Hall–Kier alpha value is -1.89. The molecular formula is C17H21N5O2S2. The molecule has 2 aromatic rings. The standard InChI is InChI=1S/C17H21N5O2S2/c1-24-8-7-22-11-19-21-17(22)25-10-15(23)20-16-13(9-18)12-5-3-2-4-6-14(12)26-16/h11H,2-8,10H2,1H3,(H,20,23). The summed E-state index contributed by atoms with van der Waals surface area (Å²) >= 11 is 2.88. The summed E-state index contributed by atoms with van der Waals surface area (Å²) in [5, 5.41) is 21.7. The molecule has 0 saturated heterocycles. The van der Waals surface area contributed by atoms with Gasteiger partial charge in [-0.05, 0) is 31.2 Å². The van der Waals surface area contributed by atoms with Gasteiger partial charge in [0.1, 0.15) is 17.4 Å². The van der Waals surface area contributed by atoms with Crippen LogP contribution < -0.4 is 5.32 Å². The summed E-state index contributed by atoms with van der Waals surface area (Å²) in [6, 6.07) is 2.29. The minimum absolute atomic E-state index is 0.135. The van der Waals surface area contributed by atoms with Gasteiger partial charge in [0.15, 0.2) is 5.16 Å². The lowest BCUT2D eigenvalue weighted by Crippen LogP contribution is -2.15. The Morgan fingerprint density at radius 2 is 2.31 bits per heavy atom. The van der Waals surface area contributed by atoms with Crippen LogP contribution in [0.15, 0.2) is 11.5 Å². The van der Waals surface area contributed by atoms with Gasteiger partial charge in [0.2, 0.25) is 5.91 Å². The predicted molar refractivity (Wildman–Crippen MR) is 102 cm³/mol. The van der Waals surface area contributed by atoms with Gasteiger partial charge >= 0.3 is 0 Å². The topological polar surface area (TPSA) is 92.8 Å². The van der Waals surface area contributed by atoms with Crippen molar-refractivity contribution in [1.29, 1.82) is 5.26 Å². The molecule has 0 fully saturated rings. The number of ether oxygens (including phenoxy) is 1. The van der Waals surface area contributed by atoms with Crippen molar-refractivity contribution in [3.8, 4) is 6.07 Å². The first-order valence-electron chi connectivity index (χ1n) is 8.57. The summed E-state index contributed by atoms with van der Waals surface area (Å²) in [7, 11) is 1.64. The van der Waals surface area contributed by atoms with Crippen molar-refractivity contribution < 1.29 is 9.53 Å². The number of fused-ring (bicyclic) bond motifs is 1. The van der Waals surface area contributed by atoms with E-state index in [9.17, 15) is 10.1 Å². The lowest BCUT2D eigenvalue weighted by atomic mass is 10.1. The van der Waals surface area contributed by atoms with Crippen LogP contribution in [-0.2, 0) is 28.9 Å². The molecule has 0 aliphatic heterocycles. The van der Waals surface area contributed by atoms with Gasteiger partial charge in [-0.2, -0.15) is 5.26 Å². The molecule has 2 aromatic heterocycles. The highest BCUT2D eigenvalue weighted by Crippen LogP contribution is 2.37. The zero-order valence-corrected chi connectivity index (χ0v) is 16.3. The van der Waals surface area contributed by atoms with Crippen LogP contribution in [0, 0.1) is 11.3 Å². The number of rotatable bonds is 7. The second-order valence-electron chi connectivity index (χ2n) is 6.02. The Morgan fingerprint density at radius 3 is 3.12 bits per heavy atom. The maximum Gasteiger partial charge on any atom is 0.235 e. The van der Waals surface area contributed by atoms with Gasteiger partial charge in [-0.15, -0.1) is 21.5 Å². The van der Waals surface area contributed by atoms with Crippen LogP contribution in [0.5, 0.6) is 0 Å². The second-order valence-corrected chi connectivity index (χ2v) is 8.06. The Morgan fingerprint density at radius 1 is 1.46 bits per heavy atom. The van der Waals surface area contributed by atoms with Crippen molar-refractivity contribution in [1.82, 2.24) is 14.8 Å². The highest BCUT2D eigenvalue weighted by atomic mass is 32.2. The Bertz CT molecular complexity index is 809. The Balaban J connectivity index is 1.62. The fourth-order valence-corrected chi connectivity index (χ4v) is 4.94. The first-order chi connectivity index (χ1) is 12.7. The number of hydrogen-bond donors (Lipinski definition) is 1. The number of carbonyl (C=O) groups is 1. The van der Waals surface area contributed by atoms with E-state index < -0.39 is 0 Å². The van der Waals surface area contributed by atoms with E-state index in [1.807, 2.05) is 4.57 Å². The van der Waals surface area contributed by atoms with Gasteiger partial charge < -0.3 is 14.6 Å². The van der Waals surface area contributed by atoms with Crippen LogP contribution in [0.1, 0.15) is 35.3 Å². The molecule has 1 aliphatic rings. The molecule has 9 heteroatoms. The van der Waals surface area contributed by atoms with Crippen LogP contribution in [0.2, 0.25) is 0 Å². The van der Waals surface area contributed by atoms with Crippen LogP contribution in [0.4, 0.5) is 5.00 Å². The number of carbonyl (C=O) groups excluding carboxylic acids is 1. The maximum absolute atomic E-state index is 12.4. The number of amides is 1. The Kier molecular flexibility index (Phi) is 6.66. The summed E-state index contributed by atoms with van der Waals surface area (Å²) in [4.78, 5) is 13.6. The molecular weight excluding hydrogens is 370 g/mol. The number of hydrogen-bond acceptors (Lipinski definition) is 7. The lowest BCUT2D eigenvalue weighted by Gasteiger charge is -2.06. The normalized spacial score (nSPS) is 13.7. The van der Waals surface area contributed by atoms with Crippen molar-refractivity contribution in [2.75, 3.05) is 24.8 Å². The van der Waals surface area contributed by atoms with E-state index >= 15 is 0 Å². The smallest absolute Gasteiger partial charge is 0.235 e. The molecule has 7 nitrogen and oxygen atoms in total. The number of nitrogens with one attached hydrogen (secondary N) is 1. The van der Waals surface area contributed by atoms with E-state index in [-0.39, 0.29) is 11.7 Å². The highest BCUT2D eigenvalue weighted by Gasteiger charge is 2.21. The molecule has 26 heavy (non-hydrogen) atoms. The molecule has 0 atom stereocenters. The predicted octanol–water partition coefficient (Wildman–Crippen LogP) is 2.86. The molecule has 3 rings (SSSR count). The minimum Gasteiger partial charge on any atom is -0.383 e. The number of nitriles is 1. The maximum atomic E-state index is 12.4. The van der Waals surface area contributed by atoms with Crippen LogP contribution >= 0.6 is 23.1 Å². The third-order valence-electron chi connectivity index (χ3n) is 4.23. The number of aromatic nitrogens is 3. The zero-order valence-electron chi connectivity index (χ0n) is 14.7. The molecule has 2 heterocycles. The van der Waals surface area contributed by atoms with E-state index in [1.54, 1.807) is 24.8 Å². The summed E-state index contributed by atoms with van der Waals surface area (Å²) in [6.07, 6.45) is 7.03. The summed E-state index contributed by atoms with van der Waals surface area (Å²) in [5.41, 5.74) is 1.78. The molecule has 0 aromatic carbocycles. The fraction of sp³-hybridized carbons (Fsp3) is 0.529. The molecule has 0 saturated carbocycles. The number of anilines is 1. The zero-order chi connectivity index (χ0) is 18.4. The van der Waals surface area contributed by atoms with Crippen molar-refractivity contribution >= 4 is 34.0 Å². The molecule has 0 unspecified atom stereocenters. The Labute approximate surface area is 160 Å². The quantitative estimate of drug-likeness (QED) is 0.576. The molecule has 138 valence electrons. The van der Waals surface area contributed by atoms with E-state index in [0.29, 0.717) is 28.9 Å². The molecule has 1 amide bonds. The van der Waals surface area contributed by atoms with Gasteiger partial charge in [-0.25, -0.2) is 0 Å². The molecule has 0 spiro atoms. The average Bonchev–Trinajstić information content (AvgIpc) is 3.14. The van der Waals surface area contributed by atoms with Gasteiger partial charge in [0.25, 0.3) is 0 Å². The summed E-state index contributed by atoms with van der Waals surface area (Å²) in [6.45, 7) is 1.20.